The van der Waals surface area contributed by atoms with Crippen molar-refractivity contribution in [3.05, 3.63) is 72.8 Å². The molecule has 10 heteroatoms. The zero-order valence-electron chi connectivity index (χ0n) is 14.7. The Bertz CT molecular complexity index is 1400. The van der Waals surface area contributed by atoms with Gasteiger partial charge in [0.1, 0.15) is 5.82 Å². The number of para-hydroxylation sites is 3. The van der Waals surface area contributed by atoms with E-state index in [0.717, 1.165) is 29.2 Å². The highest BCUT2D eigenvalue weighted by Crippen LogP contribution is 2.29. The van der Waals surface area contributed by atoms with Crippen LogP contribution in [0.3, 0.4) is 0 Å². The molecule has 1 aromatic heterocycles. The Morgan fingerprint density at radius 2 is 1.52 bits per heavy atom. The van der Waals surface area contributed by atoms with Gasteiger partial charge in [0.15, 0.2) is 0 Å². The van der Waals surface area contributed by atoms with Gasteiger partial charge in [0.05, 0.1) is 26.5 Å². The third-order valence-electron chi connectivity index (χ3n) is 4.21. The monoisotopic (exact) mass is 431 g/mol. The Labute approximate surface area is 166 Å². The molecule has 0 unspecified atom stereocenters. The summed E-state index contributed by atoms with van der Waals surface area (Å²) in [6.45, 7) is 0. The minimum absolute atomic E-state index is 0.236. The number of halogens is 1. The van der Waals surface area contributed by atoms with E-state index in [1.54, 1.807) is 24.3 Å². The molecule has 0 spiro atoms. The molecule has 2 N–H and O–H groups in total. The SMILES string of the molecule is O=S(=O)(F)c1cccc(S(=O)(=O)Nc2ccccc2-c2nc3ccccc3[nH]2)c1. The maximum absolute atomic E-state index is 13.2. The molecular weight excluding hydrogens is 417 g/mol. The van der Waals surface area contributed by atoms with Crippen molar-refractivity contribution in [3.8, 4) is 11.4 Å². The van der Waals surface area contributed by atoms with Gasteiger partial charge in [-0.25, -0.2) is 13.4 Å². The first-order chi connectivity index (χ1) is 13.7. The van der Waals surface area contributed by atoms with Gasteiger partial charge in [0.2, 0.25) is 0 Å². The molecule has 0 bridgehead atoms. The molecule has 1 heterocycles. The standard InChI is InChI=1S/C19H14FN3O4S2/c20-28(24,25)13-6-5-7-14(12-13)29(26,27)23-16-9-2-1-8-15(16)19-21-17-10-3-4-11-18(17)22-19/h1-12,23H,(H,21,22). The minimum atomic E-state index is -5.03. The number of imidazole rings is 1. The topological polar surface area (TPSA) is 109 Å². The molecular formula is C19H14FN3O4S2. The van der Waals surface area contributed by atoms with Crippen LogP contribution in [-0.2, 0) is 20.2 Å². The molecule has 0 saturated carbocycles. The summed E-state index contributed by atoms with van der Waals surface area (Å²) in [6.07, 6.45) is 0. The van der Waals surface area contributed by atoms with Crippen molar-refractivity contribution in [3.63, 3.8) is 0 Å². The Hall–Kier alpha value is -3.24. The van der Waals surface area contributed by atoms with Gasteiger partial charge in [-0.2, -0.15) is 8.42 Å². The summed E-state index contributed by atoms with van der Waals surface area (Å²) in [6, 6.07) is 18.1. The van der Waals surface area contributed by atoms with Crippen LogP contribution in [0.25, 0.3) is 22.4 Å². The minimum Gasteiger partial charge on any atom is -0.338 e. The van der Waals surface area contributed by atoms with E-state index in [1.807, 2.05) is 24.3 Å². The quantitative estimate of drug-likeness (QED) is 0.469. The normalized spacial score (nSPS) is 12.2. The second kappa shape index (κ2) is 6.98. The number of H-pyrrole nitrogens is 1. The molecule has 148 valence electrons. The molecule has 29 heavy (non-hydrogen) atoms. The van der Waals surface area contributed by atoms with Gasteiger partial charge in [-0.1, -0.05) is 30.3 Å². The van der Waals surface area contributed by atoms with Gasteiger partial charge < -0.3 is 4.98 Å². The van der Waals surface area contributed by atoms with Crippen molar-refractivity contribution in [1.29, 1.82) is 0 Å². The number of aromatic nitrogens is 2. The van der Waals surface area contributed by atoms with E-state index in [-0.39, 0.29) is 10.6 Å². The zero-order chi connectivity index (χ0) is 20.6. The second-order valence-electron chi connectivity index (χ2n) is 6.17. The van der Waals surface area contributed by atoms with Crippen molar-refractivity contribution in [2.75, 3.05) is 4.72 Å². The van der Waals surface area contributed by atoms with Gasteiger partial charge in [0, 0.05) is 5.56 Å². The predicted molar refractivity (Wildman–Crippen MR) is 107 cm³/mol. The highest BCUT2D eigenvalue weighted by atomic mass is 32.3. The Morgan fingerprint density at radius 3 is 2.28 bits per heavy atom. The molecule has 0 aliphatic rings. The maximum atomic E-state index is 13.2. The number of hydrogen-bond acceptors (Lipinski definition) is 5. The number of aromatic amines is 1. The molecule has 0 amide bonds. The van der Waals surface area contributed by atoms with E-state index in [1.165, 1.54) is 6.07 Å². The Kier molecular flexibility index (Phi) is 4.59. The van der Waals surface area contributed by atoms with Crippen LogP contribution in [0, 0.1) is 0 Å². The van der Waals surface area contributed by atoms with Gasteiger partial charge >= 0.3 is 10.2 Å². The van der Waals surface area contributed by atoms with Crippen molar-refractivity contribution in [2.24, 2.45) is 0 Å². The van der Waals surface area contributed by atoms with Crippen LogP contribution in [0.15, 0.2) is 82.6 Å². The van der Waals surface area contributed by atoms with Crippen LogP contribution < -0.4 is 4.72 Å². The first-order valence-electron chi connectivity index (χ1n) is 8.36. The third-order valence-corrected chi connectivity index (χ3v) is 6.39. The van der Waals surface area contributed by atoms with Crippen molar-refractivity contribution >= 4 is 37.0 Å². The lowest BCUT2D eigenvalue weighted by Gasteiger charge is -2.12. The van der Waals surface area contributed by atoms with Gasteiger partial charge in [-0.05, 0) is 42.5 Å². The predicted octanol–water partition coefficient (Wildman–Crippen LogP) is 3.69. The number of nitrogens with one attached hydrogen (secondary N) is 2. The second-order valence-corrected chi connectivity index (χ2v) is 9.20. The van der Waals surface area contributed by atoms with Crippen LogP contribution in [-0.4, -0.2) is 26.8 Å². The lowest BCUT2D eigenvalue weighted by Crippen LogP contribution is -2.14. The third kappa shape index (κ3) is 3.84. The molecule has 4 aromatic rings. The Morgan fingerprint density at radius 1 is 0.828 bits per heavy atom. The van der Waals surface area contributed by atoms with Gasteiger partial charge in [0.25, 0.3) is 10.0 Å². The van der Waals surface area contributed by atoms with E-state index in [0.29, 0.717) is 11.4 Å². The van der Waals surface area contributed by atoms with Crippen LogP contribution in [0.4, 0.5) is 9.57 Å². The van der Waals surface area contributed by atoms with E-state index >= 15 is 0 Å². The van der Waals surface area contributed by atoms with Crippen molar-refractivity contribution in [2.45, 2.75) is 9.79 Å². The lowest BCUT2D eigenvalue weighted by molar-refractivity contribution is 0.552. The smallest absolute Gasteiger partial charge is 0.332 e. The van der Waals surface area contributed by atoms with E-state index in [9.17, 15) is 20.7 Å². The number of rotatable bonds is 5. The molecule has 0 saturated heterocycles. The largest absolute Gasteiger partial charge is 0.338 e. The molecule has 0 fully saturated rings. The van der Waals surface area contributed by atoms with Crippen LogP contribution >= 0.6 is 0 Å². The first kappa shape index (κ1) is 19.1. The van der Waals surface area contributed by atoms with E-state index in [4.69, 9.17) is 0 Å². The summed E-state index contributed by atoms with van der Waals surface area (Å²) in [5, 5.41) is 0. The summed E-state index contributed by atoms with van der Waals surface area (Å²) < 4.78 is 63.4. The van der Waals surface area contributed by atoms with Gasteiger partial charge in [-0.3, -0.25) is 4.72 Å². The maximum Gasteiger partial charge on any atom is 0.332 e. The highest BCUT2D eigenvalue weighted by molar-refractivity contribution is 7.92. The molecule has 0 radical (unpaired) electrons. The van der Waals surface area contributed by atoms with Crippen LogP contribution in [0.5, 0.6) is 0 Å². The highest BCUT2D eigenvalue weighted by Gasteiger charge is 2.21. The summed E-state index contributed by atoms with van der Waals surface area (Å²) in [4.78, 5) is 6.50. The number of nitrogens with zero attached hydrogens (tertiary/aromatic N) is 1. The average molecular weight is 431 g/mol. The summed E-state index contributed by atoms with van der Waals surface area (Å²) in [5.41, 5.74) is 2.25. The average Bonchev–Trinajstić information content (AvgIpc) is 3.11. The number of sulfonamides is 1. The first-order valence-corrected chi connectivity index (χ1v) is 11.2. The molecule has 0 aliphatic carbocycles. The molecule has 7 nitrogen and oxygen atoms in total. The number of anilines is 1. The van der Waals surface area contributed by atoms with Crippen LogP contribution in [0.1, 0.15) is 0 Å². The lowest BCUT2D eigenvalue weighted by atomic mass is 10.2. The molecule has 0 aliphatic heterocycles. The van der Waals surface area contributed by atoms with Crippen LogP contribution in [0.2, 0.25) is 0 Å². The fraction of sp³-hybridized carbons (Fsp3) is 0. The fourth-order valence-corrected chi connectivity index (χ4v) is 4.56. The van der Waals surface area contributed by atoms with E-state index in [2.05, 4.69) is 14.7 Å². The number of hydrogen-bond donors (Lipinski definition) is 2. The zero-order valence-corrected chi connectivity index (χ0v) is 16.3. The van der Waals surface area contributed by atoms with Crippen molar-refractivity contribution < 1.29 is 20.7 Å². The van der Waals surface area contributed by atoms with E-state index < -0.39 is 25.1 Å². The Balaban J connectivity index is 1.75. The fourth-order valence-electron chi connectivity index (χ4n) is 2.86. The molecule has 3 aromatic carbocycles. The number of fused-ring (bicyclic) bond motifs is 1. The number of benzene rings is 3. The summed E-state index contributed by atoms with van der Waals surface area (Å²) in [7, 11) is -9.21. The molecule has 0 atom stereocenters. The summed E-state index contributed by atoms with van der Waals surface area (Å²) in [5.74, 6) is 0.463. The van der Waals surface area contributed by atoms with Gasteiger partial charge in [-0.15, -0.1) is 3.89 Å². The van der Waals surface area contributed by atoms with Crippen molar-refractivity contribution in [1.82, 2.24) is 9.97 Å². The summed E-state index contributed by atoms with van der Waals surface area (Å²) >= 11 is 0. The molecule has 4 rings (SSSR count).